The predicted molar refractivity (Wildman–Crippen MR) is 76.8 cm³/mol. The Morgan fingerprint density at radius 1 is 1.35 bits per heavy atom. The number of benzene rings is 1. The fourth-order valence-electron chi connectivity index (χ4n) is 2.51. The van der Waals surface area contributed by atoms with Crippen molar-refractivity contribution in [3.05, 3.63) is 29.8 Å². The SMILES string of the molecule is CC(NC(=O)c1ccc(N2CCNC2=O)cc1)C1CC1. The lowest BCUT2D eigenvalue weighted by Gasteiger charge is -2.15. The molecule has 1 saturated carbocycles. The summed E-state index contributed by atoms with van der Waals surface area (Å²) < 4.78 is 0. The molecule has 1 unspecified atom stereocenters. The Balaban J connectivity index is 1.65. The van der Waals surface area contributed by atoms with Crippen LogP contribution < -0.4 is 15.5 Å². The van der Waals surface area contributed by atoms with Gasteiger partial charge in [-0.1, -0.05) is 0 Å². The quantitative estimate of drug-likeness (QED) is 0.878. The van der Waals surface area contributed by atoms with E-state index in [4.69, 9.17) is 0 Å². The molecular formula is C15H19N3O2. The molecule has 1 aromatic rings. The van der Waals surface area contributed by atoms with E-state index < -0.39 is 0 Å². The number of rotatable bonds is 4. The topological polar surface area (TPSA) is 61.4 Å². The molecule has 2 fully saturated rings. The number of nitrogens with one attached hydrogen (secondary N) is 2. The average Bonchev–Trinajstić information content (AvgIpc) is 3.21. The summed E-state index contributed by atoms with van der Waals surface area (Å²) in [6.07, 6.45) is 2.43. The number of urea groups is 1. The molecule has 0 radical (unpaired) electrons. The lowest BCUT2D eigenvalue weighted by molar-refractivity contribution is 0.0936. The van der Waals surface area contributed by atoms with E-state index >= 15 is 0 Å². The van der Waals surface area contributed by atoms with E-state index in [1.54, 1.807) is 17.0 Å². The number of hydrogen-bond acceptors (Lipinski definition) is 2. The molecule has 106 valence electrons. The summed E-state index contributed by atoms with van der Waals surface area (Å²) in [5, 5.41) is 5.78. The third kappa shape index (κ3) is 2.61. The monoisotopic (exact) mass is 273 g/mol. The van der Waals surface area contributed by atoms with E-state index in [0.717, 1.165) is 5.69 Å². The molecule has 2 N–H and O–H groups in total. The predicted octanol–water partition coefficient (Wildman–Crippen LogP) is 1.74. The van der Waals surface area contributed by atoms with Crippen molar-refractivity contribution in [2.24, 2.45) is 5.92 Å². The molecule has 5 heteroatoms. The summed E-state index contributed by atoms with van der Waals surface area (Å²) in [6, 6.07) is 7.35. The third-order valence-electron chi connectivity index (χ3n) is 3.99. The van der Waals surface area contributed by atoms with E-state index in [2.05, 4.69) is 17.6 Å². The highest BCUT2D eigenvalue weighted by Crippen LogP contribution is 2.32. The van der Waals surface area contributed by atoms with E-state index in [-0.39, 0.29) is 18.0 Å². The summed E-state index contributed by atoms with van der Waals surface area (Å²) >= 11 is 0. The molecule has 3 amide bonds. The lowest BCUT2D eigenvalue weighted by Crippen LogP contribution is -2.34. The van der Waals surface area contributed by atoms with Crippen molar-refractivity contribution in [2.45, 2.75) is 25.8 Å². The summed E-state index contributed by atoms with van der Waals surface area (Å²) in [6.45, 7) is 3.39. The van der Waals surface area contributed by atoms with Gasteiger partial charge in [0.25, 0.3) is 5.91 Å². The third-order valence-corrected chi connectivity index (χ3v) is 3.99. The Morgan fingerprint density at radius 3 is 2.60 bits per heavy atom. The van der Waals surface area contributed by atoms with E-state index in [0.29, 0.717) is 24.6 Å². The molecule has 1 aliphatic carbocycles. The van der Waals surface area contributed by atoms with Crippen molar-refractivity contribution >= 4 is 17.6 Å². The molecule has 1 saturated heterocycles. The second kappa shape index (κ2) is 5.15. The van der Waals surface area contributed by atoms with Gasteiger partial charge in [-0.25, -0.2) is 4.79 Å². The molecule has 1 atom stereocenters. The first kappa shape index (κ1) is 13.0. The van der Waals surface area contributed by atoms with E-state index in [1.807, 2.05) is 12.1 Å². The standard InChI is InChI=1S/C15H19N3O2/c1-10(11-2-3-11)17-14(19)12-4-6-13(7-5-12)18-9-8-16-15(18)20/h4-7,10-11H,2-3,8-9H2,1H3,(H,16,20)(H,17,19). The first-order valence-corrected chi connectivity index (χ1v) is 7.11. The molecule has 2 aliphatic rings. The van der Waals surface area contributed by atoms with Crippen LogP contribution in [0.4, 0.5) is 10.5 Å². The van der Waals surface area contributed by atoms with Crippen LogP contribution in [-0.4, -0.2) is 31.1 Å². The molecule has 1 heterocycles. The minimum absolute atomic E-state index is 0.0400. The van der Waals surface area contributed by atoms with Crippen molar-refractivity contribution in [3.8, 4) is 0 Å². The Bertz CT molecular complexity index is 522. The summed E-state index contributed by atoms with van der Waals surface area (Å²) in [5.74, 6) is 0.605. The molecule has 1 aliphatic heterocycles. The van der Waals surface area contributed by atoms with Crippen molar-refractivity contribution in [3.63, 3.8) is 0 Å². The number of carbonyl (C=O) groups is 2. The van der Waals surface area contributed by atoms with Gasteiger partial charge in [0.15, 0.2) is 0 Å². The molecule has 5 nitrogen and oxygen atoms in total. The van der Waals surface area contributed by atoms with Crippen molar-refractivity contribution in [1.82, 2.24) is 10.6 Å². The van der Waals surface area contributed by atoms with Crippen molar-refractivity contribution in [2.75, 3.05) is 18.0 Å². The zero-order valence-corrected chi connectivity index (χ0v) is 11.6. The van der Waals surface area contributed by atoms with Crippen LogP contribution in [0.2, 0.25) is 0 Å². The summed E-state index contributed by atoms with van der Waals surface area (Å²) in [7, 11) is 0. The van der Waals surface area contributed by atoms with Gasteiger partial charge in [-0.2, -0.15) is 0 Å². The normalized spacial score (nSPS) is 19.6. The van der Waals surface area contributed by atoms with Gasteiger partial charge < -0.3 is 10.6 Å². The number of amides is 3. The Kier molecular flexibility index (Phi) is 3.34. The van der Waals surface area contributed by atoms with Gasteiger partial charge >= 0.3 is 6.03 Å². The highest BCUT2D eigenvalue weighted by atomic mass is 16.2. The van der Waals surface area contributed by atoms with Crippen molar-refractivity contribution in [1.29, 1.82) is 0 Å². The van der Waals surface area contributed by atoms with Crippen LogP contribution >= 0.6 is 0 Å². The molecule has 0 spiro atoms. The zero-order chi connectivity index (χ0) is 14.1. The molecule has 20 heavy (non-hydrogen) atoms. The van der Waals surface area contributed by atoms with E-state index in [1.165, 1.54) is 12.8 Å². The van der Waals surface area contributed by atoms with Gasteiger partial charge in [0.1, 0.15) is 0 Å². The Labute approximate surface area is 118 Å². The minimum Gasteiger partial charge on any atom is -0.349 e. The molecule has 1 aromatic carbocycles. The van der Waals surface area contributed by atoms with Gasteiger partial charge in [-0.3, -0.25) is 9.69 Å². The first-order chi connectivity index (χ1) is 9.65. The smallest absolute Gasteiger partial charge is 0.321 e. The number of carbonyl (C=O) groups excluding carboxylic acids is 2. The van der Waals surface area contributed by atoms with Gasteiger partial charge in [-0.15, -0.1) is 0 Å². The molecule has 0 bridgehead atoms. The Morgan fingerprint density at radius 2 is 2.05 bits per heavy atom. The maximum Gasteiger partial charge on any atom is 0.321 e. The van der Waals surface area contributed by atoms with Gasteiger partial charge in [0, 0.05) is 30.4 Å². The zero-order valence-electron chi connectivity index (χ0n) is 11.6. The lowest BCUT2D eigenvalue weighted by atomic mass is 10.1. The molecule has 0 aromatic heterocycles. The summed E-state index contributed by atoms with van der Waals surface area (Å²) in [4.78, 5) is 25.3. The highest BCUT2D eigenvalue weighted by molar-refractivity contribution is 5.97. The highest BCUT2D eigenvalue weighted by Gasteiger charge is 2.29. The van der Waals surface area contributed by atoms with Gasteiger partial charge in [-0.05, 0) is 49.9 Å². The average molecular weight is 273 g/mol. The number of hydrogen-bond donors (Lipinski definition) is 2. The van der Waals surface area contributed by atoms with Crippen LogP contribution in [0.3, 0.4) is 0 Å². The van der Waals surface area contributed by atoms with Crippen LogP contribution in [0.15, 0.2) is 24.3 Å². The van der Waals surface area contributed by atoms with Crippen LogP contribution in [-0.2, 0) is 0 Å². The van der Waals surface area contributed by atoms with Crippen LogP contribution in [0, 0.1) is 5.92 Å². The molecular weight excluding hydrogens is 254 g/mol. The largest absolute Gasteiger partial charge is 0.349 e. The van der Waals surface area contributed by atoms with Crippen LogP contribution in [0.5, 0.6) is 0 Å². The maximum absolute atomic E-state index is 12.1. The second-order valence-corrected chi connectivity index (χ2v) is 5.53. The van der Waals surface area contributed by atoms with Gasteiger partial charge in [0.2, 0.25) is 0 Å². The second-order valence-electron chi connectivity index (χ2n) is 5.53. The maximum atomic E-state index is 12.1. The van der Waals surface area contributed by atoms with Crippen LogP contribution in [0.1, 0.15) is 30.1 Å². The van der Waals surface area contributed by atoms with Gasteiger partial charge in [0.05, 0.1) is 0 Å². The van der Waals surface area contributed by atoms with Crippen LogP contribution in [0.25, 0.3) is 0 Å². The number of nitrogens with zero attached hydrogens (tertiary/aromatic N) is 1. The fourth-order valence-corrected chi connectivity index (χ4v) is 2.51. The molecule has 3 rings (SSSR count). The van der Waals surface area contributed by atoms with E-state index in [9.17, 15) is 9.59 Å². The summed E-state index contributed by atoms with van der Waals surface area (Å²) in [5.41, 5.74) is 1.47. The van der Waals surface area contributed by atoms with Crippen molar-refractivity contribution < 1.29 is 9.59 Å². The first-order valence-electron chi connectivity index (χ1n) is 7.11. The number of anilines is 1. The Hall–Kier alpha value is -2.04. The fraction of sp³-hybridized carbons (Fsp3) is 0.467. The minimum atomic E-state index is -0.0791.